The predicted octanol–water partition coefficient (Wildman–Crippen LogP) is 1.71. The van der Waals surface area contributed by atoms with Crippen LogP contribution in [0.3, 0.4) is 0 Å². The van der Waals surface area contributed by atoms with Gasteiger partial charge in [-0.1, -0.05) is 24.2 Å². The molecule has 5 nitrogen and oxygen atoms in total. The number of nitrogens with two attached hydrogens (primary N) is 1. The predicted molar refractivity (Wildman–Crippen MR) is 67.2 cm³/mol. The van der Waals surface area contributed by atoms with E-state index in [-0.39, 0.29) is 0 Å². The van der Waals surface area contributed by atoms with Crippen molar-refractivity contribution in [3.05, 3.63) is 41.5 Å². The number of hydrogen-bond donors (Lipinski definition) is 1. The van der Waals surface area contributed by atoms with Crippen LogP contribution in [0.25, 0.3) is 0 Å². The third-order valence-corrected chi connectivity index (χ3v) is 2.54. The van der Waals surface area contributed by atoms with E-state index in [2.05, 4.69) is 23.1 Å². The Kier molecular flexibility index (Phi) is 4.30. The molecule has 2 aromatic rings. The molecule has 0 saturated heterocycles. The van der Waals surface area contributed by atoms with Crippen LogP contribution in [0.2, 0.25) is 0 Å². The molecule has 0 aliphatic rings. The van der Waals surface area contributed by atoms with Gasteiger partial charge < -0.3 is 15.0 Å². The molecule has 0 aliphatic carbocycles. The first-order valence-corrected chi connectivity index (χ1v) is 6.05. The summed E-state index contributed by atoms with van der Waals surface area (Å²) >= 11 is 0. The Morgan fingerprint density at radius 1 is 1.39 bits per heavy atom. The summed E-state index contributed by atoms with van der Waals surface area (Å²) in [5, 5.41) is 3.83. The maximum atomic E-state index is 5.61. The smallest absolute Gasteiger partial charge is 0.228 e. The quantitative estimate of drug-likeness (QED) is 0.841. The van der Waals surface area contributed by atoms with Gasteiger partial charge in [0.1, 0.15) is 5.75 Å². The Bertz CT molecular complexity index is 496. The molecule has 0 fully saturated rings. The standard InChI is InChI=1S/C13H17N3O2/c1-2-10-4-3-5-11(8-10)17-9-12-15-13(6-7-14)18-16-12/h3-5,8H,2,6-7,9,14H2,1H3. The Balaban J connectivity index is 1.93. The van der Waals surface area contributed by atoms with Crippen LogP contribution < -0.4 is 10.5 Å². The summed E-state index contributed by atoms with van der Waals surface area (Å²) in [6, 6.07) is 7.98. The topological polar surface area (TPSA) is 74.2 Å². The summed E-state index contributed by atoms with van der Waals surface area (Å²) in [5.41, 5.74) is 6.65. The van der Waals surface area contributed by atoms with Crippen molar-refractivity contribution in [3.8, 4) is 5.75 Å². The molecule has 0 radical (unpaired) electrons. The van der Waals surface area contributed by atoms with Crippen molar-refractivity contribution in [2.24, 2.45) is 5.73 Å². The van der Waals surface area contributed by atoms with Gasteiger partial charge in [0.2, 0.25) is 11.7 Å². The summed E-state index contributed by atoms with van der Waals surface area (Å²) in [6.07, 6.45) is 1.58. The number of rotatable bonds is 6. The summed E-state index contributed by atoms with van der Waals surface area (Å²) in [5.74, 6) is 1.92. The average Bonchev–Trinajstić information content (AvgIpc) is 2.85. The first-order valence-electron chi connectivity index (χ1n) is 6.05. The Hall–Kier alpha value is -1.88. The molecule has 1 aromatic heterocycles. The van der Waals surface area contributed by atoms with E-state index in [0.29, 0.717) is 31.3 Å². The second-order valence-corrected chi connectivity index (χ2v) is 3.93. The molecule has 0 bridgehead atoms. The highest BCUT2D eigenvalue weighted by molar-refractivity contribution is 5.28. The molecular weight excluding hydrogens is 230 g/mol. The normalized spacial score (nSPS) is 10.6. The highest BCUT2D eigenvalue weighted by atomic mass is 16.5. The molecule has 2 N–H and O–H groups in total. The fourth-order valence-electron chi connectivity index (χ4n) is 1.58. The molecule has 0 atom stereocenters. The van der Waals surface area contributed by atoms with Gasteiger partial charge in [0.05, 0.1) is 0 Å². The number of aromatic nitrogens is 2. The van der Waals surface area contributed by atoms with Gasteiger partial charge in [-0.05, 0) is 24.1 Å². The largest absolute Gasteiger partial charge is 0.485 e. The minimum absolute atomic E-state index is 0.307. The fourth-order valence-corrected chi connectivity index (χ4v) is 1.58. The third-order valence-electron chi connectivity index (χ3n) is 2.54. The van der Waals surface area contributed by atoms with Gasteiger partial charge in [-0.15, -0.1) is 0 Å². The van der Waals surface area contributed by atoms with Crippen LogP contribution in [0.5, 0.6) is 5.75 Å². The minimum Gasteiger partial charge on any atom is -0.485 e. The Morgan fingerprint density at radius 2 is 2.28 bits per heavy atom. The Labute approximate surface area is 106 Å². The van der Waals surface area contributed by atoms with Crippen molar-refractivity contribution in [2.75, 3.05) is 6.54 Å². The lowest BCUT2D eigenvalue weighted by Crippen LogP contribution is -2.03. The first-order chi connectivity index (χ1) is 8.81. The first kappa shape index (κ1) is 12.6. The molecule has 0 aliphatic heterocycles. The van der Waals surface area contributed by atoms with Crippen LogP contribution in [0.15, 0.2) is 28.8 Å². The molecule has 18 heavy (non-hydrogen) atoms. The summed E-state index contributed by atoms with van der Waals surface area (Å²) in [7, 11) is 0. The van der Waals surface area contributed by atoms with E-state index in [4.69, 9.17) is 15.0 Å². The highest BCUT2D eigenvalue weighted by Gasteiger charge is 2.06. The molecule has 1 aromatic carbocycles. The van der Waals surface area contributed by atoms with Crippen molar-refractivity contribution < 1.29 is 9.26 Å². The van der Waals surface area contributed by atoms with E-state index in [1.165, 1.54) is 5.56 Å². The van der Waals surface area contributed by atoms with Crippen LogP contribution in [-0.4, -0.2) is 16.7 Å². The van der Waals surface area contributed by atoms with Crippen molar-refractivity contribution in [3.63, 3.8) is 0 Å². The van der Waals surface area contributed by atoms with Crippen LogP contribution in [0.4, 0.5) is 0 Å². The van der Waals surface area contributed by atoms with Gasteiger partial charge in [-0.25, -0.2) is 0 Å². The highest BCUT2D eigenvalue weighted by Crippen LogP contribution is 2.14. The van der Waals surface area contributed by atoms with Gasteiger partial charge in [-0.2, -0.15) is 4.98 Å². The summed E-state index contributed by atoms with van der Waals surface area (Å²) < 4.78 is 10.6. The SMILES string of the molecule is CCc1cccc(OCc2noc(CCN)n2)c1. The van der Waals surface area contributed by atoms with Gasteiger partial charge in [0.15, 0.2) is 6.61 Å². The number of benzene rings is 1. The maximum absolute atomic E-state index is 5.61. The van der Waals surface area contributed by atoms with Crippen LogP contribution in [0.1, 0.15) is 24.2 Å². The van der Waals surface area contributed by atoms with E-state index >= 15 is 0 Å². The minimum atomic E-state index is 0.307. The molecule has 2 rings (SSSR count). The number of aryl methyl sites for hydroxylation is 1. The van der Waals surface area contributed by atoms with Crippen molar-refractivity contribution >= 4 is 0 Å². The van der Waals surface area contributed by atoms with E-state index < -0.39 is 0 Å². The van der Waals surface area contributed by atoms with E-state index in [0.717, 1.165) is 12.2 Å². The average molecular weight is 247 g/mol. The number of ether oxygens (including phenoxy) is 1. The molecule has 0 saturated carbocycles. The summed E-state index contributed by atoms with van der Waals surface area (Å²) in [4.78, 5) is 4.17. The second kappa shape index (κ2) is 6.16. The molecule has 0 spiro atoms. The lowest BCUT2D eigenvalue weighted by molar-refractivity contribution is 0.285. The van der Waals surface area contributed by atoms with E-state index in [9.17, 15) is 0 Å². The van der Waals surface area contributed by atoms with E-state index in [1.807, 2.05) is 18.2 Å². The Morgan fingerprint density at radius 3 is 3.06 bits per heavy atom. The van der Waals surface area contributed by atoms with Gasteiger partial charge in [0.25, 0.3) is 0 Å². The van der Waals surface area contributed by atoms with Gasteiger partial charge in [-0.3, -0.25) is 0 Å². The zero-order valence-electron chi connectivity index (χ0n) is 10.4. The van der Waals surface area contributed by atoms with Crippen molar-refractivity contribution in [1.82, 2.24) is 10.1 Å². The second-order valence-electron chi connectivity index (χ2n) is 3.93. The summed E-state index contributed by atoms with van der Waals surface area (Å²) in [6.45, 7) is 2.92. The molecule has 0 amide bonds. The van der Waals surface area contributed by atoms with Crippen LogP contribution in [-0.2, 0) is 19.4 Å². The van der Waals surface area contributed by atoms with Gasteiger partial charge >= 0.3 is 0 Å². The lowest BCUT2D eigenvalue weighted by Gasteiger charge is -2.04. The zero-order chi connectivity index (χ0) is 12.8. The van der Waals surface area contributed by atoms with E-state index in [1.54, 1.807) is 0 Å². The maximum Gasteiger partial charge on any atom is 0.228 e. The van der Waals surface area contributed by atoms with Gasteiger partial charge in [0, 0.05) is 13.0 Å². The van der Waals surface area contributed by atoms with Crippen LogP contribution >= 0.6 is 0 Å². The zero-order valence-corrected chi connectivity index (χ0v) is 10.4. The molecular formula is C13H17N3O2. The molecule has 5 heteroatoms. The third kappa shape index (κ3) is 3.30. The molecule has 96 valence electrons. The van der Waals surface area contributed by atoms with Crippen molar-refractivity contribution in [2.45, 2.75) is 26.4 Å². The monoisotopic (exact) mass is 247 g/mol. The lowest BCUT2D eigenvalue weighted by atomic mass is 10.2. The number of hydrogen-bond acceptors (Lipinski definition) is 5. The number of nitrogens with zero attached hydrogens (tertiary/aromatic N) is 2. The fraction of sp³-hybridized carbons (Fsp3) is 0.385. The van der Waals surface area contributed by atoms with Crippen LogP contribution in [0, 0.1) is 0 Å². The molecule has 0 unspecified atom stereocenters. The van der Waals surface area contributed by atoms with Crippen molar-refractivity contribution in [1.29, 1.82) is 0 Å². The molecule has 1 heterocycles.